The third-order valence-corrected chi connectivity index (χ3v) is 5.01. The molecule has 1 unspecified atom stereocenters. The Balaban J connectivity index is 1.54. The molecule has 1 saturated heterocycles. The van der Waals surface area contributed by atoms with Crippen LogP contribution in [0.25, 0.3) is 16.7 Å². The molecule has 5 heterocycles. The number of amides is 1. The monoisotopic (exact) mass is 423 g/mol. The Hall–Kier alpha value is -3.86. The number of pyridine rings is 2. The predicted octanol–water partition coefficient (Wildman–Crippen LogP) is 1.42. The smallest absolute Gasteiger partial charge is 0.283 e. The Morgan fingerprint density at radius 3 is 2.94 bits per heavy atom. The molecule has 2 N–H and O–H groups in total. The number of halogens is 1. The Bertz CT molecular complexity index is 1330. The molecule has 1 aliphatic rings. The van der Waals surface area contributed by atoms with Gasteiger partial charge in [0.2, 0.25) is 5.91 Å². The van der Waals surface area contributed by atoms with Crippen molar-refractivity contribution >= 4 is 34.2 Å². The zero-order valence-corrected chi connectivity index (χ0v) is 16.3. The van der Waals surface area contributed by atoms with Gasteiger partial charge in [-0.2, -0.15) is 4.52 Å². The number of rotatable bonds is 5. The molecule has 158 valence electrons. The first-order valence-corrected chi connectivity index (χ1v) is 9.71. The van der Waals surface area contributed by atoms with Crippen molar-refractivity contribution in [3.63, 3.8) is 0 Å². The molecule has 0 aliphatic carbocycles. The minimum absolute atomic E-state index is 0.105. The molecule has 1 fully saturated rings. The van der Waals surface area contributed by atoms with Crippen molar-refractivity contribution < 1.29 is 13.9 Å². The lowest BCUT2D eigenvalue weighted by molar-refractivity contribution is -0.116. The number of hydrogen-bond acceptors (Lipinski definition) is 7. The van der Waals surface area contributed by atoms with Gasteiger partial charge in [0.25, 0.3) is 5.56 Å². The number of aromatic nitrogens is 5. The Kier molecular flexibility index (Phi) is 4.79. The van der Waals surface area contributed by atoms with E-state index < -0.39 is 11.7 Å². The van der Waals surface area contributed by atoms with Gasteiger partial charge < -0.3 is 19.9 Å². The van der Waals surface area contributed by atoms with E-state index in [1.807, 2.05) is 0 Å². The molecular weight excluding hydrogens is 405 g/mol. The Labute approximate surface area is 174 Å². The van der Waals surface area contributed by atoms with Crippen LogP contribution < -0.4 is 16.2 Å². The van der Waals surface area contributed by atoms with Crippen molar-refractivity contribution in [1.82, 2.24) is 24.1 Å². The fourth-order valence-corrected chi connectivity index (χ4v) is 3.57. The molecule has 4 aromatic heterocycles. The van der Waals surface area contributed by atoms with Gasteiger partial charge in [0, 0.05) is 18.9 Å². The largest absolute Gasteiger partial charge is 0.379 e. The number of carbonyl (C=O) groups is 1. The maximum Gasteiger partial charge on any atom is 0.283 e. The van der Waals surface area contributed by atoms with Gasteiger partial charge in [0.15, 0.2) is 5.82 Å². The zero-order chi connectivity index (χ0) is 21.4. The van der Waals surface area contributed by atoms with Crippen LogP contribution in [-0.2, 0) is 16.1 Å². The lowest BCUT2D eigenvalue weighted by Gasteiger charge is -2.12. The van der Waals surface area contributed by atoms with Crippen LogP contribution in [0.3, 0.4) is 0 Å². The van der Waals surface area contributed by atoms with E-state index in [9.17, 15) is 14.0 Å². The number of nitrogens with zero attached hydrogens (tertiary/aromatic N) is 5. The highest BCUT2D eigenvalue weighted by Crippen LogP contribution is 2.18. The lowest BCUT2D eigenvalue weighted by Crippen LogP contribution is -2.25. The van der Waals surface area contributed by atoms with Crippen molar-refractivity contribution in [1.29, 1.82) is 0 Å². The van der Waals surface area contributed by atoms with Crippen LogP contribution in [0.4, 0.5) is 16.0 Å². The van der Waals surface area contributed by atoms with Crippen LogP contribution in [0.1, 0.15) is 6.42 Å². The summed E-state index contributed by atoms with van der Waals surface area (Å²) < 4.78 is 21.3. The van der Waals surface area contributed by atoms with E-state index in [1.165, 1.54) is 16.6 Å². The van der Waals surface area contributed by atoms with Gasteiger partial charge in [-0.1, -0.05) is 0 Å². The van der Waals surface area contributed by atoms with Crippen LogP contribution in [0.15, 0.2) is 47.5 Å². The fourth-order valence-electron chi connectivity index (χ4n) is 3.57. The van der Waals surface area contributed by atoms with E-state index in [4.69, 9.17) is 4.74 Å². The molecule has 0 bridgehead atoms. The number of carbonyl (C=O) groups excluding carboxylic acids is 1. The highest BCUT2D eigenvalue weighted by Gasteiger charge is 2.20. The van der Waals surface area contributed by atoms with Crippen molar-refractivity contribution in [2.45, 2.75) is 19.0 Å². The first kappa shape index (κ1) is 19.1. The average Bonchev–Trinajstić information content (AvgIpc) is 3.43. The third-order valence-electron chi connectivity index (χ3n) is 5.01. The second-order valence-corrected chi connectivity index (χ2v) is 7.18. The molecule has 1 aliphatic heterocycles. The average molecular weight is 423 g/mol. The van der Waals surface area contributed by atoms with Gasteiger partial charge >= 0.3 is 0 Å². The molecular formula is C20H18FN7O3. The minimum atomic E-state index is -0.498. The zero-order valence-electron chi connectivity index (χ0n) is 16.3. The summed E-state index contributed by atoms with van der Waals surface area (Å²) in [5.41, 5.74) is 0.448. The van der Waals surface area contributed by atoms with Crippen molar-refractivity contribution in [2.24, 2.45) is 0 Å². The molecule has 1 atom stereocenters. The summed E-state index contributed by atoms with van der Waals surface area (Å²) in [7, 11) is 0. The maximum absolute atomic E-state index is 13.1. The molecule has 31 heavy (non-hydrogen) atoms. The van der Waals surface area contributed by atoms with Crippen LogP contribution in [0.5, 0.6) is 0 Å². The lowest BCUT2D eigenvalue weighted by atomic mass is 10.2. The van der Waals surface area contributed by atoms with Crippen LogP contribution in [-0.4, -0.2) is 49.3 Å². The van der Waals surface area contributed by atoms with E-state index in [0.717, 1.165) is 12.6 Å². The molecule has 0 aromatic carbocycles. The summed E-state index contributed by atoms with van der Waals surface area (Å²) in [6.45, 7) is 1.09. The molecule has 0 saturated carbocycles. The summed E-state index contributed by atoms with van der Waals surface area (Å²) in [6.07, 6.45) is 3.42. The number of fused-ring (bicyclic) bond motifs is 2. The molecule has 5 rings (SSSR count). The summed E-state index contributed by atoms with van der Waals surface area (Å²) >= 11 is 0. The van der Waals surface area contributed by atoms with Gasteiger partial charge in [0.05, 0.1) is 24.2 Å². The second-order valence-electron chi connectivity index (χ2n) is 7.18. The van der Waals surface area contributed by atoms with E-state index >= 15 is 0 Å². The fraction of sp³-hybridized carbons (Fsp3) is 0.250. The molecule has 1 amide bonds. The topological polar surface area (TPSA) is 115 Å². The van der Waals surface area contributed by atoms with Crippen LogP contribution in [0, 0.1) is 5.82 Å². The summed E-state index contributed by atoms with van der Waals surface area (Å²) in [6, 6.07) is 7.68. The number of ether oxygens (including phenoxy) is 1. The van der Waals surface area contributed by atoms with Gasteiger partial charge in [-0.3, -0.25) is 9.59 Å². The number of nitrogens with one attached hydrogen (secondary N) is 2. The maximum atomic E-state index is 13.1. The van der Waals surface area contributed by atoms with E-state index in [0.29, 0.717) is 35.7 Å². The standard InChI is InChI=1S/C20H18FN7O3/c21-12-3-4-15(23-9-12)25-17(29)10-27-18-8-16(24-13-5-7-31-11-13)26-28(18)20(30)14-2-1-6-22-19(14)27/h1-4,6,8-9,13H,5,7,10-11H2,(H,24,26)(H,23,25,29). The molecule has 0 radical (unpaired) electrons. The molecule has 4 aromatic rings. The Morgan fingerprint density at radius 1 is 1.26 bits per heavy atom. The summed E-state index contributed by atoms with van der Waals surface area (Å²) in [5.74, 6) is -0.172. The quantitative estimate of drug-likeness (QED) is 0.499. The van der Waals surface area contributed by atoms with Crippen molar-refractivity contribution in [3.05, 3.63) is 58.9 Å². The minimum Gasteiger partial charge on any atom is -0.379 e. The van der Waals surface area contributed by atoms with Crippen LogP contribution >= 0.6 is 0 Å². The normalized spacial score (nSPS) is 16.1. The van der Waals surface area contributed by atoms with E-state index in [1.54, 1.807) is 29.0 Å². The van der Waals surface area contributed by atoms with E-state index in [2.05, 4.69) is 25.7 Å². The summed E-state index contributed by atoms with van der Waals surface area (Å²) in [5, 5.41) is 10.6. The van der Waals surface area contributed by atoms with Crippen molar-refractivity contribution in [3.8, 4) is 0 Å². The molecule has 10 nitrogen and oxygen atoms in total. The first-order chi connectivity index (χ1) is 15.1. The van der Waals surface area contributed by atoms with Gasteiger partial charge in [-0.25, -0.2) is 14.4 Å². The van der Waals surface area contributed by atoms with Gasteiger partial charge in [-0.15, -0.1) is 5.10 Å². The predicted molar refractivity (Wildman–Crippen MR) is 110 cm³/mol. The van der Waals surface area contributed by atoms with E-state index in [-0.39, 0.29) is 24.0 Å². The third kappa shape index (κ3) is 3.70. The van der Waals surface area contributed by atoms with Crippen molar-refractivity contribution in [2.75, 3.05) is 23.8 Å². The second kappa shape index (κ2) is 7.76. The molecule has 0 spiro atoms. The highest BCUT2D eigenvalue weighted by atomic mass is 19.1. The summed E-state index contributed by atoms with van der Waals surface area (Å²) in [4.78, 5) is 33.8. The van der Waals surface area contributed by atoms with Crippen LogP contribution in [0.2, 0.25) is 0 Å². The number of hydrogen-bond donors (Lipinski definition) is 2. The molecule has 11 heteroatoms. The first-order valence-electron chi connectivity index (χ1n) is 9.71. The SMILES string of the molecule is O=C(Cn1c2ncccc2c(=O)n2nc(NC3CCOC3)cc12)Nc1ccc(F)cn1. The highest BCUT2D eigenvalue weighted by molar-refractivity contribution is 5.91. The van der Waals surface area contributed by atoms with Gasteiger partial charge in [-0.05, 0) is 30.7 Å². The van der Waals surface area contributed by atoms with Gasteiger partial charge in [0.1, 0.15) is 29.5 Å². The number of anilines is 2. The Morgan fingerprint density at radius 2 is 2.16 bits per heavy atom.